The van der Waals surface area contributed by atoms with Crippen LogP contribution >= 0.6 is 0 Å². The van der Waals surface area contributed by atoms with Crippen LogP contribution in [0.2, 0.25) is 0 Å². The number of likely N-dealkylation sites (N-methyl/N-ethyl adjacent to an activating group) is 2. The molecule has 2 aliphatic rings. The van der Waals surface area contributed by atoms with Crippen LogP contribution in [0.1, 0.15) is 132 Å². The number of aryl methyl sites for hydroxylation is 2. The molecule has 37 heavy (non-hydrogen) atoms. The molecule has 0 radical (unpaired) electrons. The number of nitrogens with zero attached hydrogens (tertiary/aromatic N) is 6. The second kappa shape index (κ2) is 12.8. The molecule has 2 aromatic heterocycles. The number of aromatic nitrogens is 4. The van der Waals surface area contributed by atoms with Crippen molar-refractivity contribution in [3.05, 3.63) is 45.6 Å². The fourth-order valence-corrected chi connectivity index (χ4v) is 5.60. The third-order valence-electron chi connectivity index (χ3n) is 7.75. The van der Waals surface area contributed by atoms with Crippen LogP contribution in [0.4, 0.5) is 0 Å². The van der Waals surface area contributed by atoms with E-state index in [0.29, 0.717) is 35.6 Å². The third kappa shape index (κ3) is 6.94. The first-order valence-electron chi connectivity index (χ1n) is 13.9. The van der Waals surface area contributed by atoms with Crippen molar-refractivity contribution in [1.29, 1.82) is 0 Å². The van der Waals surface area contributed by atoms with Crippen LogP contribution in [0.3, 0.4) is 0 Å². The van der Waals surface area contributed by atoms with E-state index in [9.17, 15) is 0 Å². The lowest BCUT2D eigenvalue weighted by Gasteiger charge is -2.37. The molecule has 0 aromatic carbocycles. The Morgan fingerprint density at radius 1 is 0.703 bits per heavy atom. The van der Waals surface area contributed by atoms with Crippen molar-refractivity contribution in [1.82, 2.24) is 29.7 Å². The van der Waals surface area contributed by atoms with E-state index in [0.717, 1.165) is 37.7 Å². The molecule has 4 rings (SSSR count). The molecule has 0 N–H and O–H groups in total. The van der Waals surface area contributed by atoms with Crippen molar-refractivity contribution >= 4 is 0 Å². The molecule has 208 valence electrons. The fourth-order valence-electron chi connectivity index (χ4n) is 5.60. The van der Waals surface area contributed by atoms with Gasteiger partial charge in [0.15, 0.2) is 0 Å². The summed E-state index contributed by atoms with van der Waals surface area (Å²) in [6.07, 6.45) is 1.08. The van der Waals surface area contributed by atoms with Crippen molar-refractivity contribution in [2.45, 2.75) is 113 Å². The van der Waals surface area contributed by atoms with Crippen LogP contribution in [-0.2, 0) is 13.0 Å². The number of hydrogen-bond acceptors (Lipinski definition) is 6. The van der Waals surface area contributed by atoms with Gasteiger partial charge < -0.3 is 4.90 Å². The van der Waals surface area contributed by atoms with E-state index < -0.39 is 0 Å². The second-order valence-corrected chi connectivity index (χ2v) is 12.3. The minimum atomic E-state index is 0. The molecule has 4 heterocycles. The van der Waals surface area contributed by atoms with Crippen molar-refractivity contribution < 1.29 is 0 Å². The average molecular weight is 511 g/mol. The summed E-state index contributed by atoms with van der Waals surface area (Å²) < 4.78 is 0. The van der Waals surface area contributed by atoms with Crippen LogP contribution < -0.4 is 0 Å². The van der Waals surface area contributed by atoms with Crippen molar-refractivity contribution in [3.63, 3.8) is 0 Å². The Morgan fingerprint density at radius 3 is 1.70 bits per heavy atom. The standard InChI is InChI=1S/2C15H25N3.CH4/c1-9(2)12-7-18(6)8-13-11(5)16-15(10(3)4)17-14(12)13;1-9(2)14-13-12(7-8-18(14)6)11(5)16-15(17-13)10(3)4;/h9-10,12H,7-8H2,1-6H3;9-10,14H,7-8H2,1-6H3;1H4. The van der Waals surface area contributed by atoms with Gasteiger partial charge >= 0.3 is 0 Å². The molecule has 6 nitrogen and oxygen atoms in total. The summed E-state index contributed by atoms with van der Waals surface area (Å²) in [6, 6.07) is 0.438. The molecule has 0 aliphatic carbocycles. The van der Waals surface area contributed by atoms with E-state index >= 15 is 0 Å². The quantitative estimate of drug-likeness (QED) is 0.450. The zero-order chi connectivity index (χ0) is 26.9. The number of fused-ring (bicyclic) bond motifs is 2. The van der Waals surface area contributed by atoms with E-state index in [1.54, 1.807) is 0 Å². The Bertz CT molecular complexity index is 1040. The highest BCUT2D eigenvalue weighted by atomic mass is 15.2. The highest BCUT2D eigenvalue weighted by molar-refractivity contribution is 5.32. The topological polar surface area (TPSA) is 58.0 Å². The van der Waals surface area contributed by atoms with Crippen LogP contribution in [0.5, 0.6) is 0 Å². The summed E-state index contributed by atoms with van der Waals surface area (Å²) in [5.41, 5.74) is 7.67. The van der Waals surface area contributed by atoms with Crippen LogP contribution in [0.25, 0.3) is 0 Å². The molecule has 0 spiro atoms. The van der Waals surface area contributed by atoms with Crippen LogP contribution in [0, 0.1) is 25.7 Å². The van der Waals surface area contributed by atoms with Gasteiger partial charge in [0.25, 0.3) is 0 Å². The van der Waals surface area contributed by atoms with Gasteiger partial charge in [-0.1, -0.05) is 62.8 Å². The highest BCUT2D eigenvalue weighted by Gasteiger charge is 2.31. The van der Waals surface area contributed by atoms with Gasteiger partial charge in [-0.2, -0.15) is 0 Å². The van der Waals surface area contributed by atoms with E-state index in [2.05, 4.69) is 103 Å². The van der Waals surface area contributed by atoms with Gasteiger partial charge in [0.2, 0.25) is 0 Å². The second-order valence-electron chi connectivity index (χ2n) is 12.3. The molecular formula is C31H54N6. The van der Waals surface area contributed by atoms with Gasteiger partial charge in [-0.05, 0) is 51.8 Å². The highest BCUT2D eigenvalue weighted by Crippen LogP contribution is 2.35. The summed E-state index contributed by atoms with van der Waals surface area (Å²) in [7, 11) is 4.40. The van der Waals surface area contributed by atoms with Gasteiger partial charge in [-0.3, -0.25) is 4.90 Å². The molecule has 2 atom stereocenters. The van der Waals surface area contributed by atoms with E-state index in [-0.39, 0.29) is 7.43 Å². The lowest BCUT2D eigenvalue weighted by molar-refractivity contribution is 0.175. The lowest BCUT2D eigenvalue weighted by Crippen LogP contribution is -2.36. The Morgan fingerprint density at radius 2 is 1.22 bits per heavy atom. The molecule has 0 amide bonds. The van der Waals surface area contributed by atoms with Gasteiger partial charge in [-0.25, -0.2) is 19.9 Å². The maximum Gasteiger partial charge on any atom is 0.131 e. The minimum absolute atomic E-state index is 0. The van der Waals surface area contributed by atoms with Crippen molar-refractivity contribution in [3.8, 4) is 0 Å². The zero-order valence-electron chi connectivity index (χ0n) is 25.0. The third-order valence-corrected chi connectivity index (χ3v) is 7.75. The van der Waals surface area contributed by atoms with Gasteiger partial charge in [0.05, 0.1) is 17.4 Å². The largest absolute Gasteiger partial charge is 0.301 e. The first kappa shape index (κ1) is 31.3. The number of rotatable bonds is 4. The normalized spacial score (nSPS) is 20.0. The first-order valence-corrected chi connectivity index (χ1v) is 13.9. The smallest absolute Gasteiger partial charge is 0.131 e. The van der Waals surface area contributed by atoms with E-state index in [1.165, 1.54) is 33.9 Å². The van der Waals surface area contributed by atoms with Crippen molar-refractivity contribution in [2.75, 3.05) is 27.2 Å². The molecule has 0 bridgehead atoms. The maximum atomic E-state index is 4.87. The Labute approximate surface area is 227 Å². The molecule has 6 heteroatoms. The summed E-state index contributed by atoms with van der Waals surface area (Å²) >= 11 is 0. The Balaban J connectivity index is 0.000000253. The fraction of sp³-hybridized carbons (Fsp3) is 0.742. The summed E-state index contributed by atoms with van der Waals surface area (Å²) in [5, 5.41) is 0. The predicted octanol–water partition coefficient (Wildman–Crippen LogP) is 6.82. The molecule has 0 saturated carbocycles. The van der Waals surface area contributed by atoms with E-state index in [1.807, 2.05) is 0 Å². The number of hydrogen-bond donors (Lipinski definition) is 0. The van der Waals surface area contributed by atoms with Gasteiger partial charge in [0, 0.05) is 54.3 Å². The Kier molecular flexibility index (Phi) is 10.8. The monoisotopic (exact) mass is 510 g/mol. The summed E-state index contributed by atoms with van der Waals surface area (Å²) in [4.78, 5) is 23.9. The summed E-state index contributed by atoms with van der Waals surface area (Å²) in [6.45, 7) is 25.3. The minimum Gasteiger partial charge on any atom is -0.301 e. The van der Waals surface area contributed by atoms with E-state index in [4.69, 9.17) is 9.97 Å². The SMILES string of the molecule is C.Cc1nc(C(C)C)nc2c1CCN(C)C2C(C)C.Cc1nc(C(C)C)nc2c1CN(C)CC2C(C)C. The molecule has 2 unspecified atom stereocenters. The van der Waals surface area contributed by atoms with Crippen molar-refractivity contribution in [2.24, 2.45) is 11.8 Å². The molecule has 0 saturated heterocycles. The first-order chi connectivity index (χ1) is 16.8. The maximum absolute atomic E-state index is 4.87. The zero-order valence-corrected chi connectivity index (χ0v) is 25.0. The molecule has 2 aromatic rings. The molecule has 0 fully saturated rings. The average Bonchev–Trinajstić information content (AvgIpc) is 2.78. The summed E-state index contributed by atoms with van der Waals surface area (Å²) in [5.74, 6) is 4.55. The molecular weight excluding hydrogens is 456 g/mol. The predicted molar refractivity (Wildman–Crippen MR) is 156 cm³/mol. The molecule has 2 aliphatic heterocycles. The lowest BCUT2D eigenvalue weighted by atomic mass is 9.85. The van der Waals surface area contributed by atoms with Crippen LogP contribution in [0.15, 0.2) is 0 Å². The van der Waals surface area contributed by atoms with Gasteiger partial charge in [-0.15, -0.1) is 0 Å². The van der Waals surface area contributed by atoms with Crippen LogP contribution in [-0.4, -0.2) is 56.9 Å². The van der Waals surface area contributed by atoms with Gasteiger partial charge in [0.1, 0.15) is 11.6 Å². The Hall–Kier alpha value is -1.92.